The van der Waals surface area contributed by atoms with Crippen LogP contribution >= 0.6 is 0 Å². The van der Waals surface area contributed by atoms with Crippen molar-refractivity contribution in [1.29, 1.82) is 0 Å². The Bertz CT molecular complexity index is 1070. The van der Waals surface area contributed by atoms with E-state index in [1.807, 2.05) is 38.1 Å². The van der Waals surface area contributed by atoms with Gasteiger partial charge in [0.1, 0.15) is 0 Å². The van der Waals surface area contributed by atoms with Gasteiger partial charge in [-0.05, 0) is 63.8 Å². The first-order chi connectivity index (χ1) is 15.8. The summed E-state index contributed by atoms with van der Waals surface area (Å²) in [5, 5.41) is 0. The van der Waals surface area contributed by atoms with E-state index in [1.165, 1.54) is 0 Å². The molecule has 0 spiro atoms. The van der Waals surface area contributed by atoms with E-state index in [0.717, 1.165) is 11.1 Å². The summed E-state index contributed by atoms with van der Waals surface area (Å²) < 4.78 is 66.3. The first-order valence-electron chi connectivity index (χ1n) is 11.2. The summed E-state index contributed by atoms with van der Waals surface area (Å²) in [6.45, 7) is 12.2. The summed E-state index contributed by atoms with van der Waals surface area (Å²) in [4.78, 5) is 0.611. The Labute approximate surface area is 204 Å². The maximum absolute atomic E-state index is 12.6. The predicted molar refractivity (Wildman–Crippen MR) is 133 cm³/mol. The van der Waals surface area contributed by atoms with E-state index in [0.29, 0.717) is 32.0 Å². The molecule has 2 aromatic rings. The zero-order chi connectivity index (χ0) is 25.5. The molecule has 0 saturated heterocycles. The highest BCUT2D eigenvalue weighted by Gasteiger charge is 2.20. The van der Waals surface area contributed by atoms with E-state index >= 15 is 0 Å². The maximum Gasteiger partial charge on any atom is 0.241 e. The van der Waals surface area contributed by atoms with E-state index in [2.05, 4.69) is 9.44 Å². The maximum atomic E-state index is 12.6. The molecule has 0 amide bonds. The second-order valence-corrected chi connectivity index (χ2v) is 11.9. The third kappa shape index (κ3) is 7.86. The van der Waals surface area contributed by atoms with Crippen LogP contribution in [0.15, 0.2) is 34.1 Å². The molecular weight excluding hydrogens is 476 g/mol. The number of ether oxygens (including phenoxy) is 2. The van der Waals surface area contributed by atoms with E-state index in [1.54, 1.807) is 27.7 Å². The van der Waals surface area contributed by atoms with Gasteiger partial charge in [0.2, 0.25) is 20.0 Å². The van der Waals surface area contributed by atoms with E-state index < -0.39 is 20.0 Å². The molecule has 0 saturated carbocycles. The minimum Gasteiger partial charge on any atom is -0.378 e. The van der Waals surface area contributed by atoms with E-state index in [4.69, 9.17) is 9.47 Å². The molecule has 0 bridgehead atoms. The zero-order valence-corrected chi connectivity index (χ0v) is 22.5. The second-order valence-electron chi connectivity index (χ2n) is 8.48. The van der Waals surface area contributed by atoms with E-state index in [-0.39, 0.29) is 39.5 Å². The molecule has 190 valence electrons. The fourth-order valence-corrected chi connectivity index (χ4v) is 7.07. The van der Waals surface area contributed by atoms with Crippen LogP contribution in [0.1, 0.15) is 33.4 Å². The summed E-state index contributed by atoms with van der Waals surface area (Å²) >= 11 is 0. The number of hydrogen-bond donors (Lipinski definition) is 2. The lowest BCUT2D eigenvalue weighted by Gasteiger charge is -2.14. The van der Waals surface area contributed by atoms with Gasteiger partial charge in [-0.1, -0.05) is 35.4 Å². The van der Waals surface area contributed by atoms with Gasteiger partial charge in [-0.25, -0.2) is 26.3 Å². The van der Waals surface area contributed by atoms with Gasteiger partial charge in [-0.3, -0.25) is 0 Å². The van der Waals surface area contributed by atoms with Crippen molar-refractivity contribution >= 4 is 20.0 Å². The van der Waals surface area contributed by atoms with Crippen LogP contribution in [0.2, 0.25) is 0 Å². The first kappa shape index (κ1) is 28.4. The second kappa shape index (κ2) is 12.2. The topological polar surface area (TPSA) is 111 Å². The number of benzene rings is 2. The van der Waals surface area contributed by atoms with Crippen LogP contribution in [0.25, 0.3) is 0 Å². The van der Waals surface area contributed by atoms with Crippen molar-refractivity contribution in [2.45, 2.75) is 51.3 Å². The Hall–Kier alpha value is -1.82. The van der Waals surface area contributed by atoms with Crippen LogP contribution in [0.4, 0.5) is 0 Å². The van der Waals surface area contributed by atoms with Gasteiger partial charge in [-0.15, -0.1) is 0 Å². The van der Waals surface area contributed by atoms with Gasteiger partial charge in [0, 0.05) is 13.1 Å². The van der Waals surface area contributed by atoms with Gasteiger partial charge < -0.3 is 9.47 Å². The fourth-order valence-electron chi connectivity index (χ4n) is 4.14. The number of sulfonamides is 2. The number of aryl methyl sites for hydroxylation is 6. The van der Waals surface area contributed by atoms with Crippen molar-refractivity contribution in [2.24, 2.45) is 0 Å². The summed E-state index contributed by atoms with van der Waals surface area (Å²) in [5.74, 6) is 0. The molecule has 34 heavy (non-hydrogen) atoms. The number of rotatable bonds is 13. The van der Waals surface area contributed by atoms with Crippen LogP contribution in [0.3, 0.4) is 0 Å². The highest BCUT2D eigenvalue weighted by Crippen LogP contribution is 2.22. The number of nitrogens with one attached hydrogen (secondary N) is 2. The molecule has 0 unspecified atom stereocenters. The lowest BCUT2D eigenvalue weighted by molar-refractivity contribution is 0.0522. The third-order valence-electron chi connectivity index (χ3n) is 5.20. The van der Waals surface area contributed by atoms with Crippen molar-refractivity contribution < 1.29 is 26.3 Å². The molecule has 0 aliphatic carbocycles. The Morgan fingerprint density at radius 2 is 0.853 bits per heavy atom. The summed E-state index contributed by atoms with van der Waals surface area (Å²) in [7, 11) is -7.23. The van der Waals surface area contributed by atoms with Crippen LogP contribution in [0.5, 0.6) is 0 Å². The molecule has 0 heterocycles. The summed E-state index contributed by atoms with van der Waals surface area (Å²) in [5.41, 5.74) is 4.88. The van der Waals surface area contributed by atoms with Gasteiger partial charge in [0.15, 0.2) is 0 Å². The monoisotopic (exact) mass is 512 g/mol. The Kier molecular flexibility index (Phi) is 10.2. The molecule has 2 N–H and O–H groups in total. The summed E-state index contributed by atoms with van der Waals surface area (Å²) in [6.07, 6.45) is 0. The SMILES string of the molecule is Cc1cc(C)c(S(=O)(=O)NCCOCCOCCNS(=O)(=O)c2c(C)cc(C)cc2C)c(C)c1. The molecule has 0 atom stereocenters. The molecule has 0 aromatic heterocycles. The van der Waals surface area contributed by atoms with Crippen LogP contribution in [0, 0.1) is 41.5 Å². The van der Waals surface area contributed by atoms with Gasteiger partial charge >= 0.3 is 0 Å². The number of hydrogen-bond acceptors (Lipinski definition) is 6. The van der Waals surface area contributed by atoms with Gasteiger partial charge in [0.25, 0.3) is 0 Å². The molecule has 8 nitrogen and oxygen atoms in total. The lowest BCUT2D eigenvalue weighted by Crippen LogP contribution is -2.30. The molecule has 0 fully saturated rings. The summed E-state index contributed by atoms with van der Waals surface area (Å²) in [6, 6.07) is 7.38. The van der Waals surface area contributed by atoms with Crippen molar-refractivity contribution in [3.8, 4) is 0 Å². The highest BCUT2D eigenvalue weighted by atomic mass is 32.2. The Morgan fingerprint density at radius 3 is 1.15 bits per heavy atom. The lowest BCUT2D eigenvalue weighted by atomic mass is 10.1. The van der Waals surface area contributed by atoms with Crippen LogP contribution in [-0.2, 0) is 29.5 Å². The molecule has 2 rings (SSSR count). The van der Waals surface area contributed by atoms with Crippen LogP contribution in [-0.4, -0.2) is 56.4 Å². The average molecular weight is 513 g/mol. The zero-order valence-electron chi connectivity index (χ0n) is 20.8. The van der Waals surface area contributed by atoms with Crippen molar-refractivity contribution in [3.63, 3.8) is 0 Å². The molecule has 0 aliphatic heterocycles. The first-order valence-corrected chi connectivity index (χ1v) is 14.1. The minimum absolute atomic E-state index is 0.143. The fraction of sp³-hybridized carbons (Fsp3) is 0.500. The molecule has 2 aromatic carbocycles. The Morgan fingerprint density at radius 1 is 0.559 bits per heavy atom. The largest absolute Gasteiger partial charge is 0.378 e. The highest BCUT2D eigenvalue weighted by molar-refractivity contribution is 7.89. The molecule has 0 radical (unpaired) electrons. The smallest absolute Gasteiger partial charge is 0.241 e. The van der Waals surface area contributed by atoms with Crippen molar-refractivity contribution in [2.75, 3.05) is 39.5 Å². The quantitative estimate of drug-likeness (QED) is 0.399. The van der Waals surface area contributed by atoms with Crippen LogP contribution < -0.4 is 9.44 Å². The van der Waals surface area contributed by atoms with Crippen molar-refractivity contribution in [1.82, 2.24) is 9.44 Å². The van der Waals surface area contributed by atoms with Crippen molar-refractivity contribution in [3.05, 3.63) is 57.6 Å². The standard InChI is InChI=1S/C24H36N2O6S2/c1-17-13-19(3)23(20(4)14-17)33(27,28)25-7-9-31-11-12-32-10-8-26-34(29,30)24-21(5)15-18(2)16-22(24)6/h13-16,25-26H,7-12H2,1-6H3. The average Bonchev–Trinajstić information content (AvgIpc) is 2.67. The molecule has 10 heteroatoms. The molecule has 0 aliphatic rings. The van der Waals surface area contributed by atoms with Gasteiger partial charge in [-0.2, -0.15) is 0 Å². The third-order valence-corrected chi connectivity index (χ3v) is 8.73. The minimum atomic E-state index is -3.62. The Balaban J connectivity index is 1.66. The van der Waals surface area contributed by atoms with Gasteiger partial charge in [0.05, 0.1) is 36.2 Å². The predicted octanol–water partition coefficient (Wildman–Crippen LogP) is 2.83. The van der Waals surface area contributed by atoms with E-state index in [9.17, 15) is 16.8 Å². The molecular formula is C24H36N2O6S2. The normalized spacial score (nSPS) is 12.3.